The second-order valence-corrected chi connectivity index (χ2v) is 7.61. The van der Waals surface area contributed by atoms with Crippen LogP contribution >= 0.6 is 0 Å². The Morgan fingerprint density at radius 3 is 2.43 bits per heavy atom. The van der Waals surface area contributed by atoms with Gasteiger partial charge < -0.3 is 9.47 Å². The number of hydrogen-bond acceptors (Lipinski definition) is 8. The molecule has 0 saturated heterocycles. The first-order chi connectivity index (χ1) is 13.4. The highest BCUT2D eigenvalue weighted by Gasteiger charge is 2.25. The maximum atomic E-state index is 11.9. The molecule has 0 spiro atoms. The summed E-state index contributed by atoms with van der Waals surface area (Å²) in [5.41, 5.74) is 0.728. The fourth-order valence-electron chi connectivity index (χ4n) is 2.42. The van der Waals surface area contributed by atoms with Gasteiger partial charge in [-0.25, -0.2) is 14.8 Å². The summed E-state index contributed by atoms with van der Waals surface area (Å²) in [5.74, 6) is 0.739. The lowest BCUT2D eigenvalue weighted by Gasteiger charge is -2.15. The van der Waals surface area contributed by atoms with Crippen molar-refractivity contribution in [3.05, 3.63) is 54.1 Å². The minimum atomic E-state index is -3.79. The van der Waals surface area contributed by atoms with Crippen molar-refractivity contribution < 1.29 is 26.9 Å². The molecular formula is C19H24N2O6S. The number of hydrogen-bond donors (Lipinski definition) is 0. The number of rotatable bonds is 11. The van der Waals surface area contributed by atoms with Gasteiger partial charge in [-0.05, 0) is 37.1 Å². The molecule has 0 amide bonds. The van der Waals surface area contributed by atoms with Gasteiger partial charge in [0.2, 0.25) is 0 Å². The van der Waals surface area contributed by atoms with Crippen LogP contribution in [0.2, 0.25) is 0 Å². The Labute approximate surface area is 165 Å². The average Bonchev–Trinajstić information content (AvgIpc) is 2.66. The summed E-state index contributed by atoms with van der Waals surface area (Å²) in [5, 5.41) is 0. The van der Waals surface area contributed by atoms with E-state index in [2.05, 4.69) is 9.97 Å². The Hall–Kier alpha value is -2.52. The molecule has 8 nitrogen and oxygen atoms in total. The molecule has 1 aromatic carbocycles. The molecule has 0 aliphatic heterocycles. The Balaban J connectivity index is 1.86. The van der Waals surface area contributed by atoms with Gasteiger partial charge in [0.1, 0.15) is 11.6 Å². The van der Waals surface area contributed by atoms with Gasteiger partial charge in [-0.15, -0.1) is 0 Å². The molecular weight excluding hydrogens is 384 g/mol. The third kappa shape index (κ3) is 8.01. The van der Waals surface area contributed by atoms with Crippen molar-refractivity contribution in [2.45, 2.75) is 32.3 Å². The van der Waals surface area contributed by atoms with Crippen LogP contribution in [0, 0.1) is 0 Å². The van der Waals surface area contributed by atoms with Crippen LogP contribution < -0.4 is 4.74 Å². The van der Waals surface area contributed by atoms with Gasteiger partial charge in [0.15, 0.2) is 6.10 Å². The van der Waals surface area contributed by atoms with E-state index >= 15 is 0 Å². The first-order valence-electron chi connectivity index (χ1n) is 8.90. The minimum absolute atomic E-state index is 0.0809. The summed E-state index contributed by atoms with van der Waals surface area (Å²) in [7, 11) is -3.79. The highest BCUT2D eigenvalue weighted by molar-refractivity contribution is 7.86. The van der Waals surface area contributed by atoms with Crippen molar-refractivity contribution in [3.8, 4) is 5.75 Å². The lowest BCUT2D eigenvalue weighted by molar-refractivity contribution is -0.151. The molecule has 0 bridgehead atoms. The van der Waals surface area contributed by atoms with Crippen molar-refractivity contribution in [2.24, 2.45) is 0 Å². The predicted molar refractivity (Wildman–Crippen MR) is 102 cm³/mol. The monoisotopic (exact) mass is 408 g/mol. The van der Waals surface area contributed by atoms with E-state index in [-0.39, 0.29) is 13.0 Å². The molecule has 0 saturated carbocycles. The van der Waals surface area contributed by atoms with Gasteiger partial charge in [0.05, 0.1) is 19.5 Å². The summed E-state index contributed by atoms with van der Waals surface area (Å²) in [4.78, 5) is 20.2. The van der Waals surface area contributed by atoms with Crippen molar-refractivity contribution in [1.82, 2.24) is 9.97 Å². The van der Waals surface area contributed by atoms with E-state index in [0.717, 1.165) is 30.5 Å². The third-order valence-corrected chi connectivity index (χ3v) is 4.20. The van der Waals surface area contributed by atoms with Crippen LogP contribution in [0.4, 0.5) is 0 Å². The second-order valence-electron chi connectivity index (χ2n) is 6.01. The van der Waals surface area contributed by atoms with Gasteiger partial charge in [-0.2, -0.15) is 8.42 Å². The summed E-state index contributed by atoms with van der Waals surface area (Å²) < 4.78 is 38.2. The molecule has 152 valence electrons. The van der Waals surface area contributed by atoms with E-state index in [0.29, 0.717) is 12.4 Å². The number of aryl methyl sites for hydroxylation is 1. The van der Waals surface area contributed by atoms with Crippen LogP contribution in [0.15, 0.2) is 42.7 Å². The molecule has 28 heavy (non-hydrogen) atoms. The number of aromatic nitrogens is 2. The molecule has 0 aliphatic rings. The molecule has 1 atom stereocenters. The molecule has 0 radical (unpaired) electrons. The number of benzene rings is 1. The predicted octanol–water partition coefficient (Wildman–Crippen LogP) is 1.94. The smallest absolute Gasteiger partial charge is 0.337 e. The van der Waals surface area contributed by atoms with E-state index < -0.39 is 22.2 Å². The fourth-order valence-corrected chi connectivity index (χ4v) is 2.99. The van der Waals surface area contributed by atoms with E-state index in [4.69, 9.17) is 13.7 Å². The van der Waals surface area contributed by atoms with Crippen LogP contribution in [0.25, 0.3) is 0 Å². The topological polar surface area (TPSA) is 105 Å². The van der Waals surface area contributed by atoms with E-state index in [1.807, 2.05) is 0 Å². The molecule has 0 aliphatic carbocycles. The highest BCUT2D eigenvalue weighted by atomic mass is 32.2. The average molecular weight is 408 g/mol. The van der Waals surface area contributed by atoms with E-state index in [9.17, 15) is 13.2 Å². The minimum Gasteiger partial charge on any atom is -0.494 e. The second kappa shape index (κ2) is 10.7. The number of carbonyl (C=O) groups is 1. The third-order valence-electron chi connectivity index (χ3n) is 3.62. The van der Waals surface area contributed by atoms with Crippen LogP contribution in [-0.2, 0) is 36.7 Å². The van der Waals surface area contributed by atoms with Gasteiger partial charge in [0.25, 0.3) is 10.1 Å². The van der Waals surface area contributed by atoms with Crippen molar-refractivity contribution in [2.75, 3.05) is 19.5 Å². The van der Waals surface area contributed by atoms with Crippen molar-refractivity contribution in [1.29, 1.82) is 0 Å². The summed E-state index contributed by atoms with van der Waals surface area (Å²) in [6, 6.07) is 8.81. The summed E-state index contributed by atoms with van der Waals surface area (Å²) in [6.07, 6.45) is 4.68. The zero-order valence-corrected chi connectivity index (χ0v) is 16.7. The van der Waals surface area contributed by atoms with Crippen LogP contribution in [-0.4, -0.2) is 49.9 Å². The van der Waals surface area contributed by atoms with E-state index in [1.165, 1.54) is 0 Å². The van der Waals surface area contributed by atoms with Crippen LogP contribution in [0.3, 0.4) is 0 Å². The fraction of sp³-hybridized carbons (Fsp3) is 0.421. The number of ether oxygens (including phenoxy) is 2. The largest absolute Gasteiger partial charge is 0.494 e. The van der Waals surface area contributed by atoms with Gasteiger partial charge in [0, 0.05) is 25.2 Å². The summed E-state index contributed by atoms with van der Waals surface area (Å²) in [6.45, 7) is 2.30. The van der Waals surface area contributed by atoms with Gasteiger partial charge >= 0.3 is 5.97 Å². The molecule has 2 aromatic rings. The lowest BCUT2D eigenvalue weighted by atomic mass is 10.1. The highest BCUT2D eigenvalue weighted by Crippen LogP contribution is 2.16. The molecule has 9 heteroatoms. The van der Waals surface area contributed by atoms with Crippen LogP contribution in [0.1, 0.15) is 24.7 Å². The number of nitrogens with zero attached hydrogens (tertiary/aromatic N) is 2. The van der Waals surface area contributed by atoms with Gasteiger partial charge in [-0.3, -0.25) is 4.18 Å². The Morgan fingerprint density at radius 2 is 1.82 bits per heavy atom. The van der Waals surface area contributed by atoms with Crippen molar-refractivity contribution >= 4 is 16.1 Å². The first kappa shape index (κ1) is 21.8. The quantitative estimate of drug-likeness (QED) is 0.316. The Bertz CT molecular complexity index is 840. The zero-order valence-electron chi connectivity index (χ0n) is 15.9. The lowest BCUT2D eigenvalue weighted by Crippen LogP contribution is -2.31. The zero-order chi connectivity index (χ0) is 20.4. The molecule has 1 aromatic heterocycles. The summed E-state index contributed by atoms with van der Waals surface area (Å²) >= 11 is 0. The standard InChI is InChI=1S/C19H24N2O6S/c1-3-25-19(22)17(27-28(2,23)24)14-15-7-9-16(10-8-15)26-13-4-6-18-20-11-5-12-21-18/h5,7-12,17H,3-4,6,13-14H2,1-2H3. The van der Waals surface area contributed by atoms with Crippen LogP contribution in [0.5, 0.6) is 5.75 Å². The molecule has 1 heterocycles. The Morgan fingerprint density at radius 1 is 1.14 bits per heavy atom. The molecule has 2 rings (SSSR count). The Kier molecular flexibility index (Phi) is 8.34. The van der Waals surface area contributed by atoms with E-state index in [1.54, 1.807) is 49.6 Å². The number of esters is 1. The van der Waals surface area contributed by atoms with Gasteiger partial charge in [-0.1, -0.05) is 12.1 Å². The molecule has 0 fully saturated rings. The maximum Gasteiger partial charge on any atom is 0.337 e. The SMILES string of the molecule is CCOC(=O)C(Cc1ccc(OCCCc2ncccn2)cc1)OS(C)(=O)=O. The first-order valence-corrected chi connectivity index (χ1v) is 10.7. The normalized spacial score (nSPS) is 12.4. The molecule has 0 N–H and O–H groups in total. The number of carbonyl (C=O) groups excluding carboxylic acids is 1. The maximum absolute atomic E-state index is 11.9. The molecule has 1 unspecified atom stereocenters. The van der Waals surface area contributed by atoms with Crippen molar-refractivity contribution in [3.63, 3.8) is 0 Å².